The minimum atomic E-state index is 0.696. The fraction of sp³-hybridized carbons (Fsp3) is 0.412. The maximum atomic E-state index is 3.28. The van der Waals surface area contributed by atoms with Gasteiger partial charge in [0.25, 0.3) is 0 Å². The molecule has 0 saturated heterocycles. The Morgan fingerprint density at radius 3 is 2.53 bits per heavy atom. The molecule has 102 valence electrons. The molecule has 0 amide bonds. The highest BCUT2D eigenvalue weighted by atomic mass is 15.1. The highest BCUT2D eigenvalue weighted by Crippen LogP contribution is 2.22. The highest BCUT2D eigenvalue weighted by Gasteiger charge is 2.09. The van der Waals surface area contributed by atoms with Gasteiger partial charge in [0.1, 0.15) is 0 Å². The molecule has 19 heavy (non-hydrogen) atoms. The maximum absolute atomic E-state index is 3.28. The molecule has 0 heterocycles. The third kappa shape index (κ3) is 3.48. The van der Waals surface area contributed by atoms with Crippen molar-refractivity contribution in [1.82, 2.24) is 5.32 Å². The Morgan fingerprint density at radius 1 is 1.11 bits per heavy atom. The second-order valence-electron chi connectivity index (χ2n) is 5.24. The van der Waals surface area contributed by atoms with Gasteiger partial charge in [0, 0.05) is 19.3 Å². The summed E-state index contributed by atoms with van der Waals surface area (Å²) < 4.78 is 0. The van der Waals surface area contributed by atoms with Gasteiger partial charge in [0.15, 0.2) is 0 Å². The smallest absolute Gasteiger partial charge is 0.0370 e. The molecule has 2 heteroatoms. The quantitative estimate of drug-likeness (QED) is 0.850. The first-order chi connectivity index (χ1) is 9.24. The van der Waals surface area contributed by atoms with Crippen molar-refractivity contribution in [3.8, 4) is 0 Å². The lowest BCUT2D eigenvalue weighted by Crippen LogP contribution is -2.30. The van der Waals surface area contributed by atoms with E-state index in [1.807, 2.05) is 7.05 Å². The van der Waals surface area contributed by atoms with Crippen LogP contribution < -0.4 is 10.2 Å². The van der Waals surface area contributed by atoms with Gasteiger partial charge in [0.2, 0.25) is 0 Å². The van der Waals surface area contributed by atoms with Gasteiger partial charge in [-0.25, -0.2) is 0 Å². The number of fused-ring (bicyclic) bond motifs is 1. The van der Waals surface area contributed by atoms with E-state index in [9.17, 15) is 0 Å². The summed E-state index contributed by atoms with van der Waals surface area (Å²) in [5, 5.41) is 5.90. The molecule has 0 spiro atoms. The average molecular weight is 256 g/mol. The standard InChI is InChI=1S/C17H24N2/c1-4-14(12-18-2)13-19(3)17-10-9-15-7-5-6-8-16(15)11-17/h5-11,14,18H,4,12-13H2,1-3H3. The van der Waals surface area contributed by atoms with Crippen molar-refractivity contribution in [3.05, 3.63) is 42.5 Å². The second-order valence-corrected chi connectivity index (χ2v) is 5.24. The maximum Gasteiger partial charge on any atom is 0.0370 e. The predicted octanol–water partition coefficient (Wildman–Crippen LogP) is 3.52. The molecule has 2 nitrogen and oxygen atoms in total. The molecular weight excluding hydrogens is 232 g/mol. The van der Waals surface area contributed by atoms with Crippen LogP contribution in [0.25, 0.3) is 10.8 Å². The summed E-state index contributed by atoms with van der Waals surface area (Å²) in [6.07, 6.45) is 1.21. The van der Waals surface area contributed by atoms with Crippen LogP contribution in [0, 0.1) is 5.92 Å². The number of hydrogen-bond donors (Lipinski definition) is 1. The second kappa shape index (κ2) is 6.58. The monoisotopic (exact) mass is 256 g/mol. The van der Waals surface area contributed by atoms with E-state index in [1.165, 1.54) is 22.9 Å². The Balaban J connectivity index is 2.14. The largest absolute Gasteiger partial charge is 0.374 e. The van der Waals surface area contributed by atoms with Crippen molar-refractivity contribution in [3.63, 3.8) is 0 Å². The Bertz CT molecular complexity index is 521. The SMILES string of the molecule is CCC(CNC)CN(C)c1ccc2ccccc2c1. The van der Waals surface area contributed by atoms with E-state index in [1.54, 1.807) is 0 Å². The molecule has 2 aromatic carbocycles. The molecule has 1 unspecified atom stereocenters. The van der Waals surface area contributed by atoms with Crippen LogP contribution in [0.5, 0.6) is 0 Å². The minimum absolute atomic E-state index is 0.696. The van der Waals surface area contributed by atoms with Gasteiger partial charge in [0.05, 0.1) is 0 Å². The molecule has 0 aliphatic heterocycles. The number of nitrogens with zero attached hydrogens (tertiary/aromatic N) is 1. The van der Waals surface area contributed by atoms with E-state index < -0.39 is 0 Å². The van der Waals surface area contributed by atoms with Crippen LogP contribution in [0.3, 0.4) is 0 Å². The van der Waals surface area contributed by atoms with Crippen molar-refractivity contribution >= 4 is 16.5 Å². The molecule has 0 radical (unpaired) electrons. The summed E-state index contributed by atoms with van der Waals surface area (Å²) in [6, 6.07) is 15.2. The van der Waals surface area contributed by atoms with Crippen LogP contribution in [-0.4, -0.2) is 27.2 Å². The van der Waals surface area contributed by atoms with E-state index in [2.05, 4.69) is 66.7 Å². The zero-order valence-electron chi connectivity index (χ0n) is 12.2. The van der Waals surface area contributed by atoms with E-state index >= 15 is 0 Å². The lowest BCUT2D eigenvalue weighted by Gasteiger charge is -2.25. The Morgan fingerprint density at radius 2 is 1.84 bits per heavy atom. The van der Waals surface area contributed by atoms with Gasteiger partial charge in [-0.1, -0.05) is 43.7 Å². The molecule has 0 saturated carbocycles. The molecule has 1 N–H and O–H groups in total. The van der Waals surface area contributed by atoms with Crippen molar-refractivity contribution < 1.29 is 0 Å². The molecule has 2 rings (SSSR count). The van der Waals surface area contributed by atoms with Gasteiger partial charge in [-0.3, -0.25) is 0 Å². The van der Waals surface area contributed by atoms with Gasteiger partial charge >= 0.3 is 0 Å². The van der Waals surface area contributed by atoms with E-state index in [4.69, 9.17) is 0 Å². The van der Waals surface area contributed by atoms with E-state index in [0.717, 1.165) is 13.1 Å². The lowest BCUT2D eigenvalue weighted by atomic mass is 10.1. The first-order valence-corrected chi connectivity index (χ1v) is 7.09. The van der Waals surface area contributed by atoms with Crippen LogP contribution in [0.4, 0.5) is 5.69 Å². The van der Waals surface area contributed by atoms with Crippen LogP contribution in [0.2, 0.25) is 0 Å². The Kier molecular flexibility index (Phi) is 4.80. The third-order valence-corrected chi connectivity index (χ3v) is 3.78. The molecule has 0 aromatic heterocycles. The molecule has 2 aromatic rings. The lowest BCUT2D eigenvalue weighted by molar-refractivity contribution is 0.485. The van der Waals surface area contributed by atoms with Crippen molar-refractivity contribution in [2.45, 2.75) is 13.3 Å². The van der Waals surface area contributed by atoms with E-state index in [-0.39, 0.29) is 0 Å². The zero-order valence-corrected chi connectivity index (χ0v) is 12.2. The van der Waals surface area contributed by atoms with Gasteiger partial charge in [-0.15, -0.1) is 0 Å². The Hall–Kier alpha value is -1.54. The normalized spacial score (nSPS) is 12.6. The van der Waals surface area contributed by atoms with Gasteiger partial charge < -0.3 is 10.2 Å². The topological polar surface area (TPSA) is 15.3 Å². The van der Waals surface area contributed by atoms with Crippen LogP contribution in [-0.2, 0) is 0 Å². The number of anilines is 1. The predicted molar refractivity (Wildman–Crippen MR) is 84.9 cm³/mol. The molecule has 0 aliphatic carbocycles. The van der Waals surface area contributed by atoms with Crippen molar-refractivity contribution in [1.29, 1.82) is 0 Å². The molecule has 0 fully saturated rings. The third-order valence-electron chi connectivity index (χ3n) is 3.78. The summed E-state index contributed by atoms with van der Waals surface area (Å²) in [7, 11) is 4.21. The Labute approximate surface area is 116 Å². The van der Waals surface area contributed by atoms with Crippen LogP contribution in [0.1, 0.15) is 13.3 Å². The average Bonchev–Trinajstić information content (AvgIpc) is 2.46. The number of nitrogens with one attached hydrogen (secondary N) is 1. The van der Waals surface area contributed by atoms with E-state index in [0.29, 0.717) is 5.92 Å². The fourth-order valence-corrected chi connectivity index (χ4v) is 2.53. The number of rotatable bonds is 6. The van der Waals surface area contributed by atoms with Gasteiger partial charge in [-0.05, 0) is 42.4 Å². The van der Waals surface area contributed by atoms with Crippen molar-refractivity contribution in [2.75, 3.05) is 32.1 Å². The number of hydrogen-bond acceptors (Lipinski definition) is 2. The summed E-state index contributed by atoms with van der Waals surface area (Å²) in [5.74, 6) is 0.696. The molecular formula is C17H24N2. The summed E-state index contributed by atoms with van der Waals surface area (Å²) in [5.41, 5.74) is 1.30. The minimum Gasteiger partial charge on any atom is -0.374 e. The first kappa shape index (κ1) is 13.9. The molecule has 0 aliphatic rings. The van der Waals surface area contributed by atoms with Crippen LogP contribution in [0.15, 0.2) is 42.5 Å². The van der Waals surface area contributed by atoms with Gasteiger partial charge in [-0.2, -0.15) is 0 Å². The molecule has 1 atom stereocenters. The summed E-state index contributed by atoms with van der Waals surface area (Å²) in [6.45, 7) is 4.43. The first-order valence-electron chi connectivity index (χ1n) is 7.09. The zero-order chi connectivity index (χ0) is 13.7. The molecule has 0 bridgehead atoms. The van der Waals surface area contributed by atoms with Crippen molar-refractivity contribution in [2.24, 2.45) is 5.92 Å². The highest BCUT2D eigenvalue weighted by molar-refractivity contribution is 5.85. The summed E-state index contributed by atoms with van der Waals surface area (Å²) >= 11 is 0. The fourth-order valence-electron chi connectivity index (χ4n) is 2.53. The summed E-state index contributed by atoms with van der Waals surface area (Å²) in [4.78, 5) is 2.36. The van der Waals surface area contributed by atoms with Crippen LogP contribution >= 0.6 is 0 Å². The number of benzene rings is 2.